The van der Waals surface area contributed by atoms with Gasteiger partial charge in [-0.1, -0.05) is 60.1 Å². The van der Waals surface area contributed by atoms with Crippen LogP contribution in [-0.4, -0.2) is 49.3 Å². The number of carbonyl (C=O) groups excluding carboxylic acids is 2. The molecule has 2 aliphatic heterocycles. The summed E-state index contributed by atoms with van der Waals surface area (Å²) in [5.74, 6) is -0.135. The topological polar surface area (TPSA) is 106 Å². The Kier molecular flexibility index (Phi) is 9.00. The first-order chi connectivity index (χ1) is 17.0. The van der Waals surface area contributed by atoms with Gasteiger partial charge in [0.2, 0.25) is 5.91 Å². The molecular formula is C27H33ClN2O6. The monoisotopic (exact) mass is 516 g/mol. The molecule has 0 radical (unpaired) electrons. The summed E-state index contributed by atoms with van der Waals surface area (Å²) < 4.78 is 16.4. The molecular weight excluding hydrogens is 484 g/mol. The number of fused-ring (bicyclic) bond motifs is 4. The van der Waals surface area contributed by atoms with Crippen LogP contribution in [0.4, 0.5) is 10.5 Å². The molecule has 1 fully saturated rings. The molecule has 3 rings (SSSR count). The highest BCUT2D eigenvalue weighted by atomic mass is 35.5. The van der Waals surface area contributed by atoms with E-state index in [9.17, 15) is 14.7 Å². The molecule has 3 N–H and O–H groups in total. The Labute approximate surface area is 216 Å². The van der Waals surface area contributed by atoms with Crippen molar-refractivity contribution in [2.45, 2.75) is 51.5 Å². The van der Waals surface area contributed by atoms with Gasteiger partial charge >= 0.3 is 6.09 Å². The van der Waals surface area contributed by atoms with Gasteiger partial charge in [0.15, 0.2) is 5.72 Å². The molecule has 0 aliphatic carbocycles. The number of nitrogens with one attached hydrogen (secondary N) is 2. The third kappa shape index (κ3) is 6.78. The second-order valence-electron chi connectivity index (χ2n) is 9.18. The van der Waals surface area contributed by atoms with E-state index in [1.165, 1.54) is 20.3 Å². The van der Waals surface area contributed by atoms with Gasteiger partial charge in [-0.05, 0) is 38.0 Å². The van der Waals surface area contributed by atoms with Gasteiger partial charge < -0.3 is 24.6 Å². The molecule has 36 heavy (non-hydrogen) atoms. The number of rotatable bonds is 2. The second-order valence-corrected chi connectivity index (χ2v) is 9.56. The Hall–Kier alpha value is -3.07. The van der Waals surface area contributed by atoms with E-state index in [0.717, 1.165) is 16.7 Å². The smallest absolute Gasteiger partial charge is 0.409 e. The van der Waals surface area contributed by atoms with Crippen LogP contribution in [-0.2, 0) is 20.7 Å². The molecule has 9 heteroatoms. The molecule has 8 nitrogen and oxygen atoms in total. The summed E-state index contributed by atoms with van der Waals surface area (Å²) in [4.78, 5) is 24.9. The van der Waals surface area contributed by atoms with E-state index in [1.807, 2.05) is 45.1 Å². The molecule has 1 saturated heterocycles. The minimum absolute atomic E-state index is 0.115. The SMILES string of the molecule is COc1cc2cc(c1Cl)NC(=O)/C=C\C(C)=C/[C@@H](C)[C@H]1C[C@@](O)(NC(=O)O1)[C@H](OC)/C=C\C=C(\C)C2. The Morgan fingerprint density at radius 3 is 2.64 bits per heavy atom. The van der Waals surface area contributed by atoms with E-state index in [4.69, 9.17) is 25.8 Å². The minimum atomic E-state index is -1.65. The summed E-state index contributed by atoms with van der Waals surface area (Å²) in [6.07, 6.45) is 8.86. The van der Waals surface area contributed by atoms with E-state index < -0.39 is 24.0 Å². The quantitative estimate of drug-likeness (QED) is 0.526. The lowest BCUT2D eigenvalue weighted by Gasteiger charge is -2.41. The normalized spacial score (nSPS) is 32.0. The minimum Gasteiger partial charge on any atom is -0.495 e. The summed E-state index contributed by atoms with van der Waals surface area (Å²) in [5.41, 5.74) is 1.47. The van der Waals surface area contributed by atoms with Gasteiger partial charge in [0, 0.05) is 25.5 Å². The number of benzene rings is 1. The highest BCUT2D eigenvalue weighted by Crippen LogP contribution is 2.35. The number of hydrogen-bond acceptors (Lipinski definition) is 6. The van der Waals surface area contributed by atoms with Gasteiger partial charge in [0.05, 0.1) is 12.8 Å². The molecule has 2 aliphatic rings. The van der Waals surface area contributed by atoms with E-state index in [2.05, 4.69) is 10.6 Å². The Balaban J connectivity index is 2.04. The number of alkyl carbamates (subject to hydrolysis) is 1. The van der Waals surface area contributed by atoms with Crippen molar-refractivity contribution in [1.29, 1.82) is 0 Å². The highest BCUT2D eigenvalue weighted by molar-refractivity contribution is 6.35. The molecule has 1 aromatic carbocycles. The maximum atomic E-state index is 12.6. The predicted octanol–water partition coefficient (Wildman–Crippen LogP) is 4.69. The number of amides is 2. The average Bonchev–Trinajstić information content (AvgIpc) is 2.81. The standard InChI is InChI=1S/C27H33ClN2O6/c1-16-7-6-8-23(35-5)27(33)15-22(36-26(32)30-27)18(3)11-17(2)9-10-24(31)29-20-13-19(12-16)14-21(34-4)25(20)28/h6-11,13-14,18,22-23,33H,12,15H2,1-5H3,(H,29,31)(H,30,32)/b8-6-,10-9-,16-7-,17-11-/t18-,22-,23-,27+/m1/s1. The van der Waals surface area contributed by atoms with Gasteiger partial charge in [-0.3, -0.25) is 10.1 Å². The summed E-state index contributed by atoms with van der Waals surface area (Å²) in [5, 5.41) is 16.9. The zero-order valence-corrected chi connectivity index (χ0v) is 21.9. The number of ether oxygens (including phenoxy) is 3. The maximum Gasteiger partial charge on any atom is 0.409 e. The lowest BCUT2D eigenvalue weighted by atomic mass is 9.89. The van der Waals surface area contributed by atoms with E-state index >= 15 is 0 Å². The first-order valence-electron chi connectivity index (χ1n) is 11.7. The average molecular weight is 517 g/mol. The molecule has 0 aromatic heterocycles. The van der Waals surface area contributed by atoms with E-state index in [-0.39, 0.29) is 18.2 Å². The van der Waals surface area contributed by atoms with Crippen molar-refractivity contribution >= 4 is 29.3 Å². The Morgan fingerprint density at radius 1 is 1.19 bits per heavy atom. The van der Waals surface area contributed by atoms with Gasteiger partial charge in [0.1, 0.15) is 23.0 Å². The maximum absolute atomic E-state index is 12.6. The highest BCUT2D eigenvalue weighted by Gasteiger charge is 2.45. The van der Waals surface area contributed by atoms with Crippen LogP contribution in [0, 0.1) is 5.92 Å². The molecule has 194 valence electrons. The molecule has 0 spiro atoms. The Morgan fingerprint density at radius 2 is 1.94 bits per heavy atom. The van der Waals surface area contributed by atoms with Crippen LogP contribution >= 0.6 is 11.6 Å². The summed E-state index contributed by atoms with van der Waals surface area (Å²) >= 11 is 6.44. The number of aliphatic hydroxyl groups is 1. The largest absolute Gasteiger partial charge is 0.495 e. The number of hydrogen-bond donors (Lipinski definition) is 3. The van der Waals surface area contributed by atoms with Crippen LogP contribution in [0.25, 0.3) is 0 Å². The number of carbonyl (C=O) groups is 2. The van der Waals surface area contributed by atoms with E-state index in [1.54, 1.807) is 18.2 Å². The zero-order chi connectivity index (χ0) is 26.5. The van der Waals surface area contributed by atoms with Crippen LogP contribution in [0.5, 0.6) is 5.75 Å². The fraction of sp³-hybridized carbons (Fsp3) is 0.407. The van der Waals surface area contributed by atoms with Gasteiger partial charge in [-0.15, -0.1) is 0 Å². The molecule has 4 bridgehead atoms. The number of anilines is 1. The third-order valence-electron chi connectivity index (χ3n) is 6.15. The van der Waals surface area contributed by atoms with Gasteiger partial charge in [0.25, 0.3) is 0 Å². The first kappa shape index (κ1) is 27.5. The lowest BCUT2D eigenvalue weighted by molar-refractivity contribution is -0.138. The Bertz CT molecular complexity index is 1130. The second kappa shape index (κ2) is 11.8. The van der Waals surface area contributed by atoms with Crippen molar-refractivity contribution < 1.29 is 28.9 Å². The van der Waals surface area contributed by atoms with Crippen molar-refractivity contribution in [2.24, 2.45) is 5.92 Å². The van der Waals surface area contributed by atoms with Crippen LogP contribution < -0.4 is 15.4 Å². The van der Waals surface area contributed by atoms with Crippen LogP contribution in [0.15, 0.2) is 59.7 Å². The van der Waals surface area contributed by atoms with Crippen molar-refractivity contribution in [3.63, 3.8) is 0 Å². The van der Waals surface area contributed by atoms with Crippen LogP contribution in [0.3, 0.4) is 0 Å². The zero-order valence-electron chi connectivity index (χ0n) is 21.1. The molecule has 0 unspecified atom stereocenters. The molecule has 2 amide bonds. The third-order valence-corrected chi connectivity index (χ3v) is 6.54. The molecule has 1 aromatic rings. The molecule has 4 atom stereocenters. The van der Waals surface area contributed by atoms with Crippen molar-refractivity contribution in [2.75, 3.05) is 19.5 Å². The van der Waals surface area contributed by atoms with Crippen LogP contribution in [0.1, 0.15) is 32.8 Å². The lowest BCUT2D eigenvalue weighted by Crippen LogP contribution is -2.63. The summed E-state index contributed by atoms with van der Waals surface area (Å²) in [6.45, 7) is 5.67. The fourth-order valence-corrected chi connectivity index (χ4v) is 4.55. The summed E-state index contributed by atoms with van der Waals surface area (Å²) in [7, 11) is 2.99. The summed E-state index contributed by atoms with van der Waals surface area (Å²) in [6, 6.07) is 3.64. The van der Waals surface area contributed by atoms with Crippen molar-refractivity contribution in [3.8, 4) is 5.75 Å². The number of halogens is 1. The van der Waals surface area contributed by atoms with E-state index in [0.29, 0.717) is 22.9 Å². The fourth-order valence-electron chi connectivity index (χ4n) is 4.31. The van der Waals surface area contributed by atoms with Crippen LogP contribution in [0.2, 0.25) is 5.02 Å². The molecule has 2 heterocycles. The van der Waals surface area contributed by atoms with Crippen molar-refractivity contribution in [1.82, 2.24) is 5.32 Å². The predicted molar refractivity (Wildman–Crippen MR) is 139 cm³/mol. The number of methoxy groups -OCH3 is 2. The van der Waals surface area contributed by atoms with Crippen molar-refractivity contribution in [3.05, 3.63) is 70.3 Å². The van der Waals surface area contributed by atoms with Gasteiger partial charge in [-0.2, -0.15) is 0 Å². The van der Waals surface area contributed by atoms with Gasteiger partial charge in [-0.25, -0.2) is 4.79 Å². The first-order valence-corrected chi connectivity index (χ1v) is 12.0. The molecule has 0 saturated carbocycles. The number of allylic oxidation sites excluding steroid dienone is 5.